The third-order valence-electron chi connectivity index (χ3n) is 3.18. The van der Waals surface area contributed by atoms with Gasteiger partial charge in [0.15, 0.2) is 5.78 Å². The molecule has 0 aliphatic carbocycles. The summed E-state index contributed by atoms with van der Waals surface area (Å²) in [5, 5.41) is 2.90. The quantitative estimate of drug-likeness (QED) is 0.898. The molecule has 110 valence electrons. The number of amides is 1. The standard InChI is InChI=1S/C17H25NO2/c1-12(2)15(19)14(18-16(20)17(3,4)5)11-13-9-7-6-8-10-13/h6-10,12,14H,11H2,1-5H3,(H,18,20)/t14-/m1/s1. The Hall–Kier alpha value is -1.64. The topological polar surface area (TPSA) is 46.2 Å². The first-order chi connectivity index (χ1) is 9.21. The van der Waals surface area contributed by atoms with E-state index in [-0.39, 0.29) is 17.6 Å². The summed E-state index contributed by atoms with van der Waals surface area (Å²) in [6.07, 6.45) is 0.541. The van der Waals surface area contributed by atoms with Crippen LogP contribution in [0.4, 0.5) is 0 Å². The highest BCUT2D eigenvalue weighted by atomic mass is 16.2. The second-order valence-corrected chi connectivity index (χ2v) is 6.52. The third-order valence-corrected chi connectivity index (χ3v) is 3.18. The van der Waals surface area contributed by atoms with Crippen LogP contribution in [0.1, 0.15) is 40.2 Å². The fraction of sp³-hybridized carbons (Fsp3) is 0.529. The molecular formula is C17H25NO2. The number of ketones is 1. The van der Waals surface area contributed by atoms with Crippen molar-refractivity contribution < 1.29 is 9.59 Å². The molecule has 1 atom stereocenters. The van der Waals surface area contributed by atoms with Crippen LogP contribution in [0.5, 0.6) is 0 Å². The van der Waals surface area contributed by atoms with Crippen LogP contribution < -0.4 is 5.32 Å². The van der Waals surface area contributed by atoms with Crippen LogP contribution in [-0.4, -0.2) is 17.7 Å². The summed E-state index contributed by atoms with van der Waals surface area (Å²) in [5.74, 6) is -0.108. The van der Waals surface area contributed by atoms with Gasteiger partial charge in [-0.2, -0.15) is 0 Å². The van der Waals surface area contributed by atoms with Gasteiger partial charge in [0.1, 0.15) is 0 Å². The molecular weight excluding hydrogens is 250 g/mol. The first kappa shape index (κ1) is 16.4. The van der Waals surface area contributed by atoms with Crippen molar-refractivity contribution in [1.29, 1.82) is 0 Å². The van der Waals surface area contributed by atoms with Gasteiger partial charge in [-0.3, -0.25) is 9.59 Å². The monoisotopic (exact) mass is 275 g/mol. The number of Topliss-reactive ketones (excluding diaryl/α,β-unsaturated/α-hetero) is 1. The number of hydrogen-bond acceptors (Lipinski definition) is 2. The first-order valence-electron chi connectivity index (χ1n) is 7.10. The minimum absolute atomic E-state index is 0.0754. The minimum Gasteiger partial charge on any atom is -0.345 e. The Bertz CT molecular complexity index is 458. The van der Waals surface area contributed by atoms with E-state index in [1.165, 1.54) is 0 Å². The number of carbonyl (C=O) groups excluding carboxylic acids is 2. The van der Waals surface area contributed by atoms with Gasteiger partial charge in [-0.15, -0.1) is 0 Å². The van der Waals surface area contributed by atoms with E-state index in [2.05, 4.69) is 5.32 Å². The molecule has 3 nitrogen and oxygen atoms in total. The molecule has 1 aromatic carbocycles. The van der Waals surface area contributed by atoms with Gasteiger partial charge in [-0.05, 0) is 12.0 Å². The van der Waals surface area contributed by atoms with Crippen molar-refractivity contribution in [3.63, 3.8) is 0 Å². The highest BCUT2D eigenvalue weighted by Gasteiger charge is 2.28. The maximum absolute atomic E-state index is 12.3. The van der Waals surface area contributed by atoms with Crippen LogP contribution in [-0.2, 0) is 16.0 Å². The molecule has 20 heavy (non-hydrogen) atoms. The molecule has 0 unspecified atom stereocenters. The lowest BCUT2D eigenvalue weighted by atomic mass is 9.91. The molecule has 0 radical (unpaired) electrons. The lowest BCUT2D eigenvalue weighted by Gasteiger charge is -2.25. The summed E-state index contributed by atoms with van der Waals surface area (Å²) in [5.41, 5.74) is 0.562. The van der Waals surface area contributed by atoms with Crippen molar-refractivity contribution >= 4 is 11.7 Å². The maximum Gasteiger partial charge on any atom is 0.225 e. The number of hydrogen-bond donors (Lipinski definition) is 1. The Labute approximate surface area is 121 Å². The fourth-order valence-corrected chi connectivity index (χ4v) is 1.85. The van der Waals surface area contributed by atoms with Crippen molar-refractivity contribution in [1.82, 2.24) is 5.32 Å². The number of nitrogens with one attached hydrogen (secondary N) is 1. The molecule has 1 N–H and O–H groups in total. The van der Waals surface area contributed by atoms with Crippen molar-refractivity contribution in [3.05, 3.63) is 35.9 Å². The Morgan fingerprint density at radius 3 is 2.10 bits per heavy atom. The highest BCUT2D eigenvalue weighted by molar-refractivity contribution is 5.91. The van der Waals surface area contributed by atoms with Gasteiger partial charge >= 0.3 is 0 Å². The zero-order chi connectivity index (χ0) is 15.3. The second kappa shape index (κ2) is 6.69. The predicted molar refractivity (Wildman–Crippen MR) is 81.4 cm³/mol. The third kappa shape index (κ3) is 4.80. The van der Waals surface area contributed by atoms with Gasteiger partial charge in [0.25, 0.3) is 0 Å². The molecule has 0 saturated carbocycles. The molecule has 1 aromatic rings. The van der Waals surface area contributed by atoms with Gasteiger partial charge in [0, 0.05) is 11.3 Å². The average Bonchev–Trinajstić information content (AvgIpc) is 2.37. The van der Waals surface area contributed by atoms with Crippen LogP contribution in [0.3, 0.4) is 0 Å². The Morgan fingerprint density at radius 2 is 1.65 bits per heavy atom. The van der Waals surface area contributed by atoms with E-state index in [1.54, 1.807) is 0 Å². The molecule has 0 aliphatic rings. The molecule has 0 spiro atoms. The number of benzene rings is 1. The van der Waals surface area contributed by atoms with E-state index in [9.17, 15) is 9.59 Å². The summed E-state index contributed by atoms with van der Waals surface area (Å²) in [6, 6.07) is 9.32. The average molecular weight is 275 g/mol. The normalized spacial score (nSPS) is 13.1. The van der Waals surface area contributed by atoms with Gasteiger partial charge in [0.05, 0.1) is 6.04 Å². The Balaban J connectivity index is 2.87. The van der Waals surface area contributed by atoms with Crippen LogP contribution in [0.15, 0.2) is 30.3 Å². The van der Waals surface area contributed by atoms with E-state index in [1.807, 2.05) is 65.0 Å². The van der Waals surface area contributed by atoms with Crippen LogP contribution in [0, 0.1) is 11.3 Å². The van der Waals surface area contributed by atoms with Gasteiger partial charge in [0.2, 0.25) is 5.91 Å². The summed E-state index contributed by atoms with van der Waals surface area (Å²) < 4.78 is 0. The van der Waals surface area contributed by atoms with E-state index >= 15 is 0 Å². The van der Waals surface area contributed by atoms with Gasteiger partial charge < -0.3 is 5.32 Å². The number of carbonyl (C=O) groups is 2. The lowest BCUT2D eigenvalue weighted by molar-refractivity contribution is -0.133. The largest absolute Gasteiger partial charge is 0.345 e. The maximum atomic E-state index is 12.3. The Morgan fingerprint density at radius 1 is 1.10 bits per heavy atom. The van der Waals surface area contributed by atoms with Gasteiger partial charge in [-0.25, -0.2) is 0 Å². The molecule has 1 amide bonds. The number of rotatable bonds is 5. The Kier molecular flexibility index (Phi) is 5.49. The van der Waals surface area contributed by atoms with Crippen molar-refractivity contribution in [2.75, 3.05) is 0 Å². The van der Waals surface area contributed by atoms with Crippen molar-refractivity contribution in [2.24, 2.45) is 11.3 Å². The summed E-state index contributed by atoms with van der Waals surface area (Å²) in [7, 11) is 0. The van der Waals surface area contributed by atoms with Crippen LogP contribution in [0.2, 0.25) is 0 Å². The second-order valence-electron chi connectivity index (χ2n) is 6.52. The van der Waals surface area contributed by atoms with Crippen LogP contribution >= 0.6 is 0 Å². The molecule has 0 saturated heterocycles. The summed E-state index contributed by atoms with van der Waals surface area (Å²) >= 11 is 0. The molecule has 3 heteroatoms. The zero-order valence-corrected chi connectivity index (χ0v) is 13.1. The molecule has 1 rings (SSSR count). The molecule has 0 bridgehead atoms. The van der Waals surface area contributed by atoms with E-state index in [0.29, 0.717) is 6.42 Å². The summed E-state index contributed by atoms with van der Waals surface area (Å²) in [4.78, 5) is 24.4. The molecule has 0 aromatic heterocycles. The predicted octanol–water partition coefficient (Wildman–Crippen LogP) is 2.99. The first-order valence-corrected chi connectivity index (χ1v) is 7.10. The molecule has 0 fully saturated rings. The molecule has 0 heterocycles. The van der Waals surface area contributed by atoms with Crippen molar-refractivity contribution in [3.8, 4) is 0 Å². The van der Waals surface area contributed by atoms with E-state index in [4.69, 9.17) is 0 Å². The lowest BCUT2D eigenvalue weighted by Crippen LogP contribution is -2.48. The van der Waals surface area contributed by atoms with E-state index < -0.39 is 11.5 Å². The van der Waals surface area contributed by atoms with Crippen LogP contribution in [0.25, 0.3) is 0 Å². The summed E-state index contributed by atoms with van der Waals surface area (Å²) in [6.45, 7) is 9.28. The smallest absolute Gasteiger partial charge is 0.225 e. The minimum atomic E-state index is -0.494. The fourth-order valence-electron chi connectivity index (χ4n) is 1.85. The zero-order valence-electron chi connectivity index (χ0n) is 13.1. The van der Waals surface area contributed by atoms with Gasteiger partial charge in [-0.1, -0.05) is 65.0 Å². The van der Waals surface area contributed by atoms with Crippen molar-refractivity contribution in [2.45, 2.75) is 47.1 Å². The highest BCUT2D eigenvalue weighted by Crippen LogP contribution is 2.15. The SMILES string of the molecule is CC(C)C(=O)[C@@H](Cc1ccccc1)NC(=O)C(C)(C)C. The molecule has 0 aliphatic heterocycles. The van der Waals surface area contributed by atoms with E-state index in [0.717, 1.165) is 5.56 Å².